The quantitative estimate of drug-likeness (QED) is 0.618. The lowest BCUT2D eigenvalue weighted by Crippen LogP contribution is -2.44. The van der Waals surface area contributed by atoms with Gasteiger partial charge in [-0.2, -0.15) is 14.9 Å². The van der Waals surface area contributed by atoms with Crippen LogP contribution in [0.15, 0.2) is 22.6 Å². The summed E-state index contributed by atoms with van der Waals surface area (Å²) >= 11 is 0. The molecule has 23 heavy (non-hydrogen) atoms. The maximum absolute atomic E-state index is 5.87. The Morgan fingerprint density at radius 2 is 1.52 bits per heavy atom. The highest BCUT2D eigenvalue weighted by Crippen LogP contribution is 2.24. The average Bonchev–Trinajstić information content (AvgIpc) is 2.75. The molecule has 2 heterocycles. The zero-order valence-corrected chi connectivity index (χ0v) is 18.6. The van der Waals surface area contributed by atoms with E-state index in [0.29, 0.717) is 0 Å². The standard InChI is InChI=1S/C13H17N3O.5ClH.H3P/c1-10-4-3-5-11-12(10)17-13(14-11)16-8-6-15(2)7-9-16;;;;;;/h3-5H,6-9H2,1-2H3;5*1H;1H3. The maximum Gasteiger partial charge on any atom is 0.298 e. The summed E-state index contributed by atoms with van der Waals surface area (Å²) in [6, 6.07) is 6.85. The fraction of sp³-hybridized carbons (Fsp3) is 0.462. The van der Waals surface area contributed by atoms with Crippen LogP contribution in [0.5, 0.6) is 0 Å². The number of piperazine rings is 1. The first-order valence-corrected chi connectivity index (χ1v) is 6.04. The minimum Gasteiger partial charge on any atom is -0.423 e. The Bertz CT molecular complexity index is 549. The summed E-state index contributed by atoms with van der Waals surface area (Å²) in [5.41, 5.74) is 3.02. The summed E-state index contributed by atoms with van der Waals surface area (Å²) in [4.78, 5) is 9.11. The number of hydrogen-bond acceptors (Lipinski definition) is 4. The van der Waals surface area contributed by atoms with E-state index in [2.05, 4.69) is 34.8 Å². The highest BCUT2D eigenvalue weighted by molar-refractivity contribution is 6.92. The van der Waals surface area contributed by atoms with E-state index >= 15 is 0 Å². The first kappa shape index (κ1) is 31.1. The number of likely N-dealkylation sites (N-methyl/N-ethyl adjacent to an activating group) is 1. The van der Waals surface area contributed by atoms with Crippen molar-refractivity contribution in [2.45, 2.75) is 6.92 Å². The number of aromatic nitrogens is 1. The molecule has 1 unspecified atom stereocenters. The van der Waals surface area contributed by atoms with E-state index in [4.69, 9.17) is 4.42 Å². The van der Waals surface area contributed by atoms with Gasteiger partial charge in [-0.25, -0.2) is 0 Å². The van der Waals surface area contributed by atoms with Crippen molar-refractivity contribution >= 4 is 89.0 Å². The van der Waals surface area contributed by atoms with E-state index in [-0.39, 0.29) is 71.9 Å². The Morgan fingerprint density at radius 3 is 2.04 bits per heavy atom. The van der Waals surface area contributed by atoms with Gasteiger partial charge in [-0.1, -0.05) is 12.1 Å². The Labute approximate surface area is 171 Å². The molecule has 1 aliphatic rings. The van der Waals surface area contributed by atoms with Crippen molar-refractivity contribution in [2.75, 3.05) is 38.1 Å². The number of rotatable bonds is 1. The number of aryl methyl sites for hydroxylation is 1. The van der Waals surface area contributed by atoms with E-state index in [0.717, 1.165) is 48.9 Å². The molecular weight excluding hydrogens is 422 g/mol. The molecule has 3 rings (SSSR count). The van der Waals surface area contributed by atoms with Crippen LogP contribution in [0, 0.1) is 6.92 Å². The molecule has 1 fully saturated rings. The molecule has 0 saturated carbocycles. The number of hydrogen-bond donors (Lipinski definition) is 0. The molecule has 1 saturated heterocycles. The summed E-state index contributed by atoms with van der Waals surface area (Å²) in [6.45, 7) is 6.17. The van der Waals surface area contributed by atoms with Gasteiger partial charge in [0, 0.05) is 26.2 Å². The van der Waals surface area contributed by atoms with Crippen molar-refractivity contribution in [3.8, 4) is 0 Å². The Kier molecular flexibility index (Phi) is 18.4. The summed E-state index contributed by atoms with van der Waals surface area (Å²) in [6.07, 6.45) is 0. The van der Waals surface area contributed by atoms with Gasteiger partial charge < -0.3 is 14.2 Å². The number of para-hydroxylation sites is 1. The van der Waals surface area contributed by atoms with Crippen LogP contribution in [0.25, 0.3) is 11.1 Å². The predicted molar refractivity (Wildman–Crippen MR) is 116 cm³/mol. The van der Waals surface area contributed by atoms with Crippen molar-refractivity contribution in [1.29, 1.82) is 0 Å². The maximum atomic E-state index is 5.87. The number of nitrogens with zero attached hydrogens (tertiary/aromatic N) is 3. The van der Waals surface area contributed by atoms with Gasteiger partial charge >= 0.3 is 0 Å². The number of oxazole rings is 1. The van der Waals surface area contributed by atoms with Gasteiger partial charge in [0.05, 0.1) is 0 Å². The molecule has 0 spiro atoms. The molecular formula is C13H25Cl5N3OP. The second-order valence-corrected chi connectivity index (χ2v) is 4.71. The molecule has 0 N–H and O–H groups in total. The molecule has 2 aromatic rings. The van der Waals surface area contributed by atoms with Gasteiger partial charge in [-0.3, -0.25) is 0 Å². The fourth-order valence-corrected chi connectivity index (χ4v) is 2.21. The van der Waals surface area contributed by atoms with E-state index in [9.17, 15) is 0 Å². The number of anilines is 1. The van der Waals surface area contributed by atoms with Gasteiger partial charge in [0.15, 0.2) is 5.58 Å². The molecule has 1 atom stereocenters. The molecule has 0 aliphatic carbocycles. The molecule has 1 aromatic heterocycles. The van der Waals surface area contributed by atoms with Crippen LogP contribution in [0.1, 0.15) is 5.56 Å². The largest absolute Gasteiger partial charge is 0.423 e. The molecule has 138 valence electrons. The molecule has 10 heteroatoms. The van der Waals surface area contributed by atoms with Crippen LogP contribution in [0.4, 0.5) is 6.01 Å². The third-order valence-corrected chi connectivity index (χ3v) is 3.37. The van der Waals surface area contributed by atoms with E-state index in [1.165, 1.54) is 0 Å². The third-order valence-electron chi connectivity index (χ3n) is 3.37. The second-order valence-electron chi connectivity index (χ2n) is 4.71. The zero-order valence-electron chi connectivity index (χ0n) is 13.1. The number of halogens is 5. The number of fused-ring (bicyclic) bond motifs is 1. The Hall–Kier alpha value is 0.330. The molecule has 1 aromatic carbocycles. The van der Waals surface area contributed by atoms with Crippen molar-refractivity contribution in [1.82, 2.24) is 9.88 Å². The van der Waals surface area contributed by atoms with Crippen LogP contribution < -0.4 is 4.90 Å². The highest BCUT2D eigenvalue weighted by Gasteiger charge is 2.19. The van der Waals surface area contributed by atoms with Crippen LogP contribution in [0.2, 0.25) is 0 Å². The van der Waals surface area contributed by atoms with Crippen molar-refractivity contribution < 1.29 is 4.42 Å². The molecule has 4 nitrogen and oxygen atoms in total. The molecule has 1 aliphatic heterocycles. The molecule has 0 amide bonds. The summed E-state index contributed by atoms with van der Waals surface area (Å²) in [7, 11) is 2.15. The van der Waals surface area contributed by atoms with E-state index < -0.39 is 0 Å². The third kappa shape index (κ3) is 6.99. The Morgan fingerprint density at radius 1 is 0.957 bits per heavy atom. The summed E-state index contributed by atoms with van der Waals surface area (Å²) < 4.78 is 5.87. The normalized spacial score (nSPS) is 13.2. The van der Waals surface area contributed by atoms with Crippen molar-refractivity contribution in [2.24, 2.45) is 0 Å². The van der Waals surface area contributed by atoms with Crippen molar-refractivity contribution in [3.05, 3.63) is 23.8 Å². The zero-order chi connectivity index (χ0) is 11.8. The smallest absolute Gasteiger partial charge is 0.298 e. The van der Waals surface area contributed by atoms with E-state index in [1.54, 1.807) is 0 Å². The molecule has 0 radical (unpaired) electrons. The first-order valence-electron chi connectivity index (χ1n) is 6.04. The van der Waals surface area contributed by atoms with Crippen LogP contribution in [0.3, 0.4) is 0 Å². The monoisotopic (exact) mass is 445 g/mol. The summed E-state index contributed by atoms with van der Waals surface area (Å²) in [5, 5.41) is 0. The number of benzene rings is 1. The minimum absolute atomic E-state index is 0. The van der Waals surface area contributed by atoms with Crippen LogP contribution in [-0.2, 0) is 0 Å². The van der Waals surface area contributed by atoms with Crippen molar-refractivity contribution in [3.63, 3.8) is 0 Å². The lowest BCUT2D eigenvalue weighted by molar-refractivity contribution is 0.305. The average molecular weight is 448 g/mol. The minimum atomic E-state index is 0. The topological polar surface area (TPSA) is 32.5 Å². The van der Waals surface area contributed by atoms with Gasteiger partial charge in [0.2, 0.25) is 0 Å². The van der Waals surface area contributed by atoms with E-state index in [1.807, 2.05) is 12.1 Å². The lowest BCUT2D eigenvalue weighted by atomic mass is 10.2. The van der Waals surface area contributed by atoms with Crippen LogP contribution >= 0.6 is 71.9 Å². The van der Waals surface area contributed by atoms with Gasteiger partial charge in [-0.15, -0.1) is 62.0 Å². The first-order chi connectivity index (χ1) is 8.24. The summed E-state index contributed by atoms with van der Waals surface area (Å²) in [5.74, 6) is 0. The second kappa shape index (κ2) is 13.6. The predicted octanol–water partition coefficient (Wildman–Crippen LogP) is 4.06. The van der Waals surface area contributed by atoms with Gasteiger partial charge in [0.25, 0.3) is 6.01 Å². The molecule has 0 bridgehead atoms. The van der Waals surface area contributed by atoms with Crippen LogP contribution in [-0.4, -0.2) is 43.1 Å². The Balaban J connectivity index is -0.000000301. The highest BCUT2D eigenvalue weighted by atomic mass is 35.5. The van der Waals surface area contributed by atoms with Gasteiger partial charge in [-0.05, 0) is 25.6 Å². The fourth-order valence-electron chi connectivity index (χ4n) is 2.21. The SMILES string of the molecule is Cc1cccc2nc(N3CCN(C)CC3)oc12.Cl.Cl.Cl.Cl.Cl.P. The van der Waals surface area contributed by atoms with Gasteiger partial charge in [0.1, 0.15) is 5.52 Å². The lowest BCUT2D eigenvalue weighted by Gasteiger charge is -2.31.